The molecule has 0 saturated carbocycles. The van der Waals surface area contributed by atoms with E-state index in [1.807, 2.05) is 24.3 Å². The van der Waals surface area contributed by atoms with E-state index in [1.54, 1.807) is 52.1 Å². The molecular formula is C26H31N5O5. The quantitative estimate of drug-likeness (QED) is 0.333. The summed E-state index contributed by atoms with van der Waals surface area (Å²) in [6, 6.07) is 15.8. The van der Waals surface area contributed by atoms with E-state index < -0.39 is 11.7 Å². The van der Waals surface area contributed by atoms with Crippen LogP contribution in [0, 0.1) is 0 Å². The molecule has 3 aromatic rings. The zero-order chi connectivity index (χ0) is 26.1. The predicted molar refractivity (Wildman–Crippen MR) is 138 cm³/mol. The first kappa shape index (κ1) is 26.4. The summed E-state index contributed by atoms with van der Waals surface area (Å²) >= 11 is 0. The van der Waals surface area contributed by atoms with Crippen molar-refractivity contribution in [2.75, 3.05) is 30.9 Å². The fourth-order valence-electron chi connectivity index (χ4n) is 3.21. The Hall–Kier alpha value is -4.18. The zero-order valence-electron chi connectivity index (χ0n) is 20.8. The number of carbonyl (C=O) groups is 2. The molecule has 3 rings (SSSR count). The molecule has 1 aromatic heterocycles. The average Bonchev–Trinajstić information content (AvgIpc) is 2.82. The topological polar surface area (TPSA) is 134 Å². The van der Waals surface area contributed by atoms with Crippen LogP contribution in [-0.2, 0) is 16.0 Å². The number of nitrogens with zero attached hydrogens (tertiary/aromatic N) is 1. The number of anilines is 2. The van der Waals surface area contributed by atoms with E-state index >= 15 is 0 Å². The van der Waals surface area contributed by atoms with Crippen molar-refractivity contribution in [2.24, 2.45) is 0 Å². The van der Waals surface area contributed by atoms with Crippen LogP contribution in [-0.4, -0.2) is 47.8 Å². The Bertz CT molecular complexity index is 1230. The molecular weight excluding hydrogens is 462 g/mol. The molecule has 0 atom stereocenters. The highest BCUT2D eigenvalue weighted by Gasteiger charge is 2.16. The first-order chi connectivity index (χ1) is 17.1. The van der Waals surface area contributed by atoms with Gasteiger partial charge in [0.1, 0.15) is 5.60 Å². The molecule has 0 radical (unpaired) electrons. The number of H-pyrrole nitrogens is 1. The van der Waals surface area contributed by atoms with Crippen LogP contribution in [0.3, 0.4) is 0 Å². The Labute approximate surface area is 209 Å². The number of methoxy groups -OCH3 is 1. The Balaban J connectivity index is 1.57. The van der Waals surface area contributed by atoms with E-state index in [0.717, 1.165) is 11.1 Å². The lowest BCUT2D eigenvalue weighted by molar-refractivity contribution is 0.0635. The molecule has 190 valence electrons. The van der Waals surface area contributed by atoms with Crippen LogP contribution < -0.4 is 21.5 Å². The zero-order valence-corrected chi connectivity index (χ0v) is 20.8. The van der Waals surface area contributed by atoms with Crippen molar-refractivity contribution < 1.29 is 19.1 Å². The fraction of sp³-hybridized carbons (Fsp3) is 0.308. The van der Waals surface area contributed by atoms with Gasteiger partial charge in [0.2, 0.25) is 5.95 Å². The number of aromatic nitrogens is 2. The summed E-state index contributed by atoms with van der Waals surface area (Å²) in [7, 11) is 1.58. The van der Waals surface area contributed by atoms with E-state index in [4.69, 9.17) is 9.47 Å². The number of nitrogens with one attached hydrogen (secondary N) is 4. The molecule has 0 saturated heterocycles. The van der Waals surface area contributed by atoms with Crippen molar-refractivity contribution in [3.05, 3.63) is 76.2 Å². The minimum atomic E-state index is -0.572. The molecule has 0 aliphatic rings. The Morgan fingerprint density at radius 2 is 1.64 bits per heavy atom. The van der Waals surface area contributed by atoms with Crippen LogP contribution >= 0.6 is 0 Å². The average molecular weight is 494 g/mol. The summed E-state index contributed by atoms with van der Waals surface area (Å²) in [6.07, 6.45) is -0.514. The standard InChI is InChI=1S/C26H31N5O5/c1-26(2,3)36-25(34)30-20-11-9-18(10-12-20)17-5-7-19(8-6-17)23(33)28-16-21-15-22(32)31-24(29-21)27-13-14-35-4/h5-12,15H,13-14,16H2,1-4H3,(H,28,33)(H,30,34)(H2,27,29,31,32). The number of benzene rings is 2. The van der Waals surface area contributed by atoms with Gasteiger partial charge in [0, 0.05) is 31.0 Å². The lowest BCUT2D eigenvalue weighted by Crippen LogP contribution is -2.27. The maximum atomic E-state index is 12.6. The van der Waals surface area contributed by atoms with Crippen LogP contribution in [0.4, 0.5) is 16.4 Å². The highest BCUT2D eigenvalue weighted by molar-refractivity contribution is 5.94. The van der Waals surface area contributed by atoms with Gasteiger partial charge in [0.05, 0.1) is 18.8 Å². The third kappa shape index (κ3) is 8.24. The highest BCUT2D eigenvalue weighted by atomic mass is 16.6. The van der Waals surface area contributed by atoms with Gasteiger partial charge in [-0.15, -0.1) is 0 Å². The number of hydrogen-bond donors (Lipinski definition) is 4. The maximum absolute atomic E-state index is 12.6. The molecule has 2 aromatic carbocycles. The Morgan fingerprint density at radius 1 is 1.00 bits per heavy atom. The summed E-state index contributed by atoms with van der Waals surface area (Å²) in [6.45, 7) is 6.47. The molecule has 10 heteroatoms. The number of hydrogen-bond acceptors (Lipinski definition) is 7. The lowest BCUT2D eigenvalue weighted by atomic mass is 10.0. The highest BCUT2D eigenvalue weighted by Crippen LogP contribution is 2.22. The normalized spacial score (nSPS) is 11.0. The summed E-state index contributed by atoms with van der Waals surface area (Å²) < 4.78 is 10.2. The number of amides is 2. The molecule has 0 spiro atoms. The second kappa shape index (κ2) is 12.0. The molecule has 0 fully saturated rings. The third-order valence-corrected chi connectivity index (χ3v) is 4.83. The Morgan fingerprint density at radius 3 is 2.25 bits per heavy atom. The number of aromatic amines is 1. The minimum absolute atomic E-state index is 0.107. The van der Waals surface area contributed by atoms with Crippen LogP contribution in [0.5, 0.6) is 0 Å². The van der Waals surface area contributed by atoms with Gasteiger partial charge in [-0.2, -0.15) is 0 Å². The van der Waals surface area contributed by atoms with Crippen LogP contribution in [0.2, 0.25) is 0 Å². The van der Waals surface area contributed by atoms with Gasteiger partial charge >= 0.3 is 6.09 Å². The maximum Gasteiger partial charge on any atom is 0.412 e. The lowest BCUT2D eigenvalue weighted by Gasteiger charge is -2.19. The molecule has 4 N–H and O–H groups in total. The van der Waals surface area contributed by atoms with E-state index in [0.29, 0.717) is 36.0 Å². The monoisotopic (exact) mass is 493 g/mol. The van der Waals surface area contributed by atoms with E-state index in [2.05, 4.69) is 25.9 Å². The summed E-state index contributed by atoms with van der Waals surface area (Å²) in [5.41, 5.74) is 2.49. The van der Waals surface area contributed by atoms with Gasteiger partial charge in [-0.05, 0) is 56.2 Å². The summed E-state index contributed by atoms with van der Waals surface area (Å²) in [5, 5.41) is 8.44. The van der Waals surface area contributed by atoms with Crippen LogP contribution in [0.15, 0.2) is 59.4 Å². The molecule has 36 heavy (non-hydrogen) atoms. The second-order valence-electron chi connectivity index (χ2n) is 8.97. The first-order valence-electron chi connectivity index (χ1n) is 11.4. The van der Waals surface area contributed by atoms with Crippen molar-refractivity contribution in [2.45, 2.75) is 32.9 Å². The molecule has 0 aliphatic carbocycles. The molecule has 10 nitrogen and oxygen atoms in total. The van der Waals surface area contributed by atoms with Crippen molar-refractivity contribution in [3.8, 4) is 11.1 Å². The largest absolute Gasteiger partial charge is 0.444 e. The second-order valence-corrected chi connectivity index (χ2v) is 8.97. The third-order valence-electron chi connectivity index (χ3n) is 4.83. The summed E-state index contributed by atoms with van der Waals surface area (Å²) in [4.78, 5) is 43.2. The molecule has 0 bridgehead atoms. The van der Waals surface area contributed by atoms with Crippen LogP contribution in [0.1, 0.15) is 36.8 Å². The molecule has 0 unspecified atom stereocenters. The molecule has 0 aliphatic heterocycles. The van der Waals surface area contributed by atoms with Crippen LogP contribution in [0.25, 0.3) is 11.1 Å². The van der Waals surface area contributed by atoms with Gasteiger partial charge < -0.3 is 20.1 Å². The number of rotatable bonds is 9. The van der Waals surface area contributed by atoms with Gasteiger partial charge in [0.15, 0.2) is 0 Å². The van der Waals surface area contributed by atoms with Gasteiger partial charge in [0.25, 0.3) is 11.5 Å². The predicted octanol–water partition coefficient (Wildman–Crippen LogP) is 3.77. The smallest absolute Gasteiger partial charge is 0.412 e. The van der Waals surface area contributed by atoms with Crippen molar-refractivity contribution in [1.29, 1.82) is 0 Å². The molecule has 2 amide bonds. The van der Waals surface area contributed by atoms with Crippen molar-refractivity contribution >= 4 is 23.6 Å². The van der Waals surface area contributed by atoms with Crippen molar-refractivity contribution in [3.63, 3.8) is 0 Å². The van der Waals surface area contributed by atoms with Gasteiger partial charge in [-0.3, -0.25) is 19.9 Å². The van der Waals surface area contributed by atoms with E-state index in [9.17, 15) is 14.4 Å². The number of carbonyl (C=O) groups excluding carboxylic acids is 2. The van der Waals surface area contributed by atoms with Gasteiger partial charge in [-0.1, -0.05) is 24.3 Å². The summed E-state index contributed by atoms with van der Waals surface area (Å²) in [5.74, 6) is 0.0369. The fourth-order valence-corrected chi connectivity index (χ4v) is 3.21. The first-order valence-corrected chi connectivity index (χ1v) is 11.4. The van der Waals surface area contributed by atoms with Gasteiger partial charge in [-0.25, -0.2) is 9.78 Å². The molecule has 1 heterocycles. The Kier molecular flexibility index (Phi) is 8.80. The SMILES string of the molecule is COCCNc1nc(CNC(=O)c2ccc(-c3ccc(NC(=O)OC(C)(C)C)cc3)cc2)cc(=O)[nH]1. The number of ether oxygens (including phenoxy) is 2. The van der Waals surface area contributed by atoms with E-state index in [-0.39, 0.29) is 18.0 Å². The van der Waals surface area contributed by atoms with Crippen molar-refractivity contribution in [1.82, 2.24) is 15.3 Å². The van der Waals surface area contributed by atoms with E-state index in [1.165, 1.54) is 6.07 Å². The minimum Gasteiger partial charge on any atom is -0.444 e.